The summed E-state index contributed by atoms with van der Waals surface area (Å²) in [6.07, 6.45) is 1.20. The zero-order valence-corrected chi connectivity index (χ0v) is 22.7. The van der Waals surface area contributed by atoms with E-state index in [1.165, 1.54) is 7.11 Å². The van der Waals surface area contributed by atoms with Crippen molar-refractivity contribution < 1.29 is 19.1 Å². The van der Waals surface area contributed by atoms with Crippen LogP contribution in [0.4, 0.5) is 17.1 Å². The number of ether oxygens (including phenoxy) is 2. The number of benzene rings is 3. The second-order valence-corrected chi connectivity index (χ2v) is 10.00. The summed E-state index contributed by atoms with van der Waals surface area (Å²) in [5.41, 5.74) is 3.07. The molecule has 3 aromatic carbocycles. The predicted octanol–water partition coefficient (Wildman–Crippen LogP) is 4.99. The molecule has 190 valence electrons. The number of fused-ring (bicyclic) bond motifs is 3. The van der Waals surface area contributed by atoms with Gasteiger partial charge in [-0.2, -0.15) is 0 Å². The van der Waals surface area contributed by atoms with Gasteiger partial charge < -0.3 is 14.4 Å². The Morgan fingerprint density at radius 3 is 2.30 bits per heavy atom. The van der Waals surface area contributed by atoms with Crippen LogP contribution in [-0.2, 0) is 24.6 Å². The molecule has 0 spiro atoms. The zero-order chi connectivity index (χ0) is 26.3. The minimum atomic E-state index is -0.984. The van der Waals surface area contributed by atoms with Crippen LogP contribution in [-0.4, -0.2) is 45.8 Å². The van der Waals surface area contributed by atoms with Gasteiger partial charge in [0.05, 0.1) is 17.1 Å². The number of anilines is 3. The zero-order valence-electron chi connectivity index (χ0n) is 21.1. The van der Waals surface area contributed by atoms with Crippen molar-refractivity contribution >= 4 is 44.8 Å². The lowest BCUT2D eigenvalue weighted by atomic mass is 9.74. The number of rotatable bonds is 6. The Labute approximate surface area is 225 Å². The van der Waals surface area contributed by atoms with Crippen LogP contribution in [0.5, 0.6) is 0 Å². The van der Waals surface area contributed by atoms with Gasteiger partial charge in [-0.25, -0.2) is 0 Å². The van der Waals surface area contributed by atoms with Gasteiger partial charge in [0, 0.05) is 25.7 Å². The molecule has 5 rings (SSSR count). The molecular formula is C29H28BrN3O4. The first-order valence-corrected chi connectivity index (χ1v) is 12.7. The maximum Gasteiger partial charge on any atom is 0.260 e. The Balaban J connectivity index is 1.86. The maximum atomic E-state index is 13.7. The summed E-state index contributed by atoms with van der Waals surface area (Å²) in [5, 5.41) is 0. The van der Waals surface area contributed by atoms with E-state index in [2.05, 4.69) is 15.9 Å². The predicted molar refractivity (Wildman–Crippen MR) is 148 cm³/mol. The smallest absolute Gasteiger partial charge is 0.260 e. The van der Waals surface area contributed by atoms with E-state index in [1.54, 1.807) is 16.9 Å². The molecule has 2 aliphatic rings. The van der Waals surface area contributed by atoms with Crippen LogP contribution >= 0.6 is 15.9 Å². The summed E-state index contributed by atoms with van der Waals surface area (Å²) in [7, 11) is 4.95. The molecule has 2 amide bonds. The van der Waals surface area contributed by atoms with E-state index in [9.17, 15) is 9.59 Å². The Morgan fingerprint density at radius 2 is 1.65 bits per heavy atom. The lowest BCUT2D eigenvalue weighted by Crippen LogP contribution is -2.72. The van der Waals surface area contributed by atoms with Crippen molar-refractivity contribution in [1.82, 2.24) is 0 Å². The molecule has 3 aromatic rings. The van der Waals surface area contributed by atoms with Crippen molar-refractivity contribution in [2.24, 2.45) is 0 Å². The molecule has 0 bridgehead atoms. The number of β-lactam (4-membered cyclic amide) rings is 1. The summed E-state index contributed by atoms with van der Waals surface area (Å²) < 4.78 is 12.0. The van der Waals surface area contributed by atoms with Crippen LogP contribution in [0.3, 0.4) is 0 Å². The third-order valence-corrected chi connectivity index (χ3v) is 7.65. The number of halogens is 1. The lowest BCUT2D eigenvalue weighted by Gasteiger charge is -2.55. The molecule has 2 aliphatic heterocycles. The summed E-state index contributed by atoms with van der Waals surface area (Å²) in [4.78, 5) is 32.6. The van der Waals surface area contributed by atoms with Gasteiger partial charge in [-0.1, -0.05) is 54.1 Å². The second-order valence-electron chi connectivity index (χ2n) is 9.14. The quantitative estimate of drug-likeness (QED) is 0.397. The topological polar surface area (TPSA) is 62.3 Å². The summed E-state index contributed by atoms with van der Waals surface area (Å²) >= 11 is 3.66. The highest BCUT2D eigenvalue weighted by molar-refractivity contribution is 9.10. The normalized spacial score (nSPS) is 20.4. The fourth-order valence-corrected chi connectivity index (χ4v) is 5.78. The molecule has 0 aliphatic carbocycles. The van der Waals surface area contributed by atoms with E-state index in [4.69, 9.17) is 9.47 Å². The number of aryl methyl sites for hydroxylation is 1. The highest BCUT2D eigenvalue weighted by Crippen LogP contribution is 2.53. The van der Waals surface area contributed by atoms with Gasteiger partial charge in [0.1, 0.15) is 18.0 Å². The average Bonchev–Trinajstić information content (AvgIpc) is 3.00. The number of methoxy groups -OCH3 is 2. The van der Waals surface area contributed by atoms with Crippen LogP contribution in [0.15, 0.2) is 89.2 Å². The Morgan fingerprint density at radius 1 is 1.00 bits per heavy atom. The molecule has 2 atom stereocenters. The van der Waals surface area contributed by atoms with Crippen LogP contribution in [0, 0.1) is 6.92 Å². The van der Waals surface area contributed by atoms with Crippen LogP contribution in [0.1, 0.15) is 11.1 Å². The van der Waals surface area contributed by atoms with Crippen molar-refractivity contribution in [3.05, 3.63) is 100 Å². The minimum Gasteiger partial charge on any atom is -0.375 e. The van der Waals surface area contributed by atoms with Gasteiger partial charge in [-0.15, -0.1) is 0 Å². The number of hydrogen-bond acceptors (Lipinski definition) is 5. The third-order valence-electron chi connectivity index (χ3n) is 6.98. The van der Waals surface area contributed by atoms with Crippen molar-refractivity contribution in [2.75, 3.05) is 42.6 Å². The summed E-state index contributed by atoms with van der Waals surface area (Å²) in [6.45, 7) is 1.89. The van der Waals surface area contributed by atoms with E-state index in [-0.39, 0.29) is 18.4 Å². The van der Waals surface area contributed by atoms with E-state index in [1.807, 2.05) is 97.7 Å². The van der Waals surface area contributed by atoms with Gasteiger partial charge in [-0.3, -0.25) is 19.4 Å². The number of carbonyl (C=O) groups is 2. The number of carbonyl (C=O) groups excluding carboxylic acids is 2. The third kappa shape index (κ3) is 3.87. The van der Waals surface area contributed by atoms with Gasteiger partial charge in [0.25, 0.3) is 11.8 Å². The van der Waals surface area contributed by atoms with Crippen molar-refractivity contribution in [2.45, 2.75) is 18.6 Å². The van der Waals surface area contributed by atoms with Crippen LogP contribution < -0.4 is 14.7 Å². The lowest BCUT2D eigenvalue weighted by molar-refractivity contribution is -0.144. The largest absolute Gasteiger partial charge is 0.375 e. The molecule has 2 unspecified atom stereocenters. The highest BCUT2D eigenvalue weighted by atomic mass is 79.9. The molecule has 37 heavy (non-hydrogen) atoms. The van der Waals surface area contributed by atoms with E-state index in [0.29, 0.717) is 17.2 Å². The molecule has 0 N–H and O–H groups in total. The Kier molecular flexibility index (Phi) is 6.66. The molecule has 1 saturated heterocycles. The molecular weight excluding hydrogens is 534 g/mol. The molecule has 2 heterocycles. The van der Waals surface area contributed by atoms with Crippen LogP contribution in [0.25, 0.3) is 0 Å². The van der Waals surface area contributed by atoms with Crippen molar-refractivity contribution in [3.63, 3.8) is 0 Å². The van der Waals surface area contributed by atoms with Gasteiger partial charge >= 0.3 is 0 Å². The number of amides is 2. The van der Waals surface area contributed by atoms with E-state index < -0.39 is 11.6 Å². The first-order valence-electron chi connectivity index (χ1n) is 11.9. The van der Waals surface area contributed by atoms with Gasteiger partial charge in [0.2, 0.25) is 0 Å². The molecule has 1 fully saturated rings. The number of hydrogen-bond donors (Lipinski definition) is 0. The summed E-state index contributed by atoms with van der Waals surface area (Å²) in [6, 6.07) is 23.3. The fourth-order valence-electron chi connectivity index (χ4n) is 5.23. The van der Waals surface area contributed by atoms with E-state index in [0.717, 1.165) is 21.3 Å². The molecule has 8 heteroatoms. The van der Waals surface area contributed by atoms with E-state index >= 15 is 0 Å². The molecule has 7 nitrogen and oxygen atoms in total. The first kappa shape index (κ1) is 25.2. The molecule has 0 radical (unpaired) electrons. The van der Waals surface area contributed by atoms with Gasteiger partial charge in [0.15, 0.2) is 6.10 Å². The molecule has 0 saturated carbocycles. The summed E-state index contributed by atoms with van der Waals surface area (Å²) in [5.74, 6) is 0.151. The second kappa shape index (κ2) is 9.78. The SMILES string of the molecule is COCC(=O)N1C(N(C)c2ccccc2Br)=CC2(c3ccc(C)cc3)C(OC)C(=O)N2c2ccccc21. The number of para-hydroxylation sites is 3. The Hall–Kier alpha value is -3.46. The average molecular weight is 562 g/mol. The maximum absolute atomic E-state index is 13.7. The molecule has 0 aromatic heterocycles. The van der Waals surface area contributed by atoms with Crippen molar-refractivity contribution in [1.29, 1.82) is 0 Å². The van der Waals surface area contributed by atoms with Gasteiger partial charge in [-0.05, 0) is 58.8 Å². The highest BCUT2D eigenvalue weighted by Gasteiger charge is 2.63. The standard InChI is InChI=1S/C29H28BrN3O4/c1-19-13-15-20(16-14-19)29-17-25(31(2)22-10-6-5-9-21(22)30)32(26(34)18-36-3)23-11-7-8-12-24(23)33(29)28(35)27(29)37-4/h5-17,27H,18H2,1-4H3. The number of nitrogens with zero attached hydrogens (tertiary/aromatic N) is 3. The van der Waals surface area contributed by atoms with Crippen LogP contribution in [0.2, 0.25) is 0 Å². The first-order chi connectivity index (χ1) is 17.8. The monoisotopic (exact) mass is 561 g/mol. The minimum absolute atomic E-state index is 0.130. The fraction of sp³-hybridized carbons (Fsp3) is 0.241. The Bertz CT molecular complexity index is 1390. The van der Waals surface area contributed by atoms with Crippen molar-refractivity contribution in [3.8, 4) is 0 Å².